The number of pyridine rings is 1. The smallest absolute Gasteiger partial charge is 0.303 e. The topological polar surface area (TPSA) is 150 Å². The minimum atomic E-state index is -0.745. The van der Waals surface area contributed by atoms with E-state index >= 15 is 0 Å². The molecule has 13 nitrogen and oxygen atoms in total. The Bertz CT molecular complexity index is 1370. The van der Waals surface area contributed by atoms with E-state index in [1.165, 1.54) is 11.0 Å². The molecule has 0 aliphatic carbocycles. The fraction of sp³-hybridized carbons (Fsp3) is 0.417. The van der Waals surface area contributed by atoms with Gasteiger partial charge in [-0.3, -0.25) is 4.79 Å². The number of anilines is 1. The summed E-state index contributed by atoms with van der Waals surface area (Å²) in [7, 11) is 1.81. The largest absolute Gasteiger partial charge is 0.481 e. The summed E-state index contributed by atoms with van der Waals surface area (Å²) in [5, 5.41) is 25.5. The summed E-state index contributed by atoms with van der Waals surface area (Å²) in [5.41, 5.74) is 4.08. The molecule has 5 heterocycles. The van der Waals surface area contributed by atoms with Crippen molar-refractivity contribution in [3.8, 4) is 23.1 Å². The van der Waals surface area contributed by atoms with Gasteiger partial charge in [-0.25, -0.2) is 24.3 Å². The van der Waals surface area contributed by atoms with Crippen LogP contribution in [0.2, 0.25) is 0 Å². The molecule has 4 aromatic heterocycles. The van der Waals surface area contributed by atoms with Gasteiger partial charge < -0.3 is 14.7 Å². The molecule has 1 fully saturated rings. The average molecular weight is 505 g/mol. The number of carboxylic acids is 1. The quantitative estimate of drug-likeness (QED) is 0.357. The molecule has 5 rings (SSSR count). The lowest BCUT2D eigenvalue weighted by molar-refractivity contribution is -0.138. The molecule has 13 heteroatoms. The number of hydrogen-bond acceptors (Lipinski definition) is 10. The summed E-state index contributed by atoms with van der Waals surface area (Å²) >= 11 is 0. The molecular formula is C24H28N10O3. The van der Waals surface area contributed by atoms with E-state index in [4.69, 9.17) is 9.72 Å². The second kappa shape index (κ2) is 10.7. The number of nitrogens with zero attached hydrogens (tertiary/aromatic N) is 10. The minimum Gasteiger partial charge on any atom is -0.481 e. The van der Waals surface area contributed by atoms with Crippen LogP contribution >= 0.6 is 0 Å². The number of carbonyl (C=O) groups is 1. The van der Waals surface area contributed by atoms with Gasteiger partial charge in [0.25, 0.3) is 0 Å². The second-order valence-electron chi connectivity index (χ2n) is 8.93. The third-order valence-electron chi connectivity index (χ3n) is 6.44. The highest BCUT2D eigenvalue weighted by atomic mass is 16.5. The maximum Gasteiger partial charge on any atom is 0.303 e. The Morgan fingerprint density at radius 1 is 1.24 bits per heavy atom. The fourth-order valence-electron chi connectivity index (χ4n) is 4.62. The van der Waals surface area contributed by atoms with Gasteiger partial charge in [-0.2, -0.15) is 0 Å². The van der Waals surface area contributed by atoms with E-state index in [0.29, 0.717) is 23.1 Å². The number of hydrogen-bond donors (Lipinski definition) is 1. The Kier molecular flexibility index (Phi) is 7.01. The number of aryl methyl sites for hydroxylation is 2. The van der Waals surface area contributed by atoms with E-state index in [9.17, 15) is 9.90 Å². The van der Waals surface area contributed by atoms with Crippen LogP contribution in [0.1, 0.15) is 37.6 Å². The van der Waals surface area contributed by atoms with E-state index < -0.39 is 5.97 Å². The number of piperidine rings is 1. The highest BCUT2D eigenvalue weighted by Gasteiger charge is 2.25. The molecule has 0 aromatic carbocycles. The number of ether oxygens (including phenoxy) is 1. The second-order valence-corrected chi connectivity index (χ2v) is 8.93. The summed E-state index contributed by atoms with van der Waals surface area (Å²) in [6, 6.07) is 5.67. The number of aliphatic carboxylic acids is 1. The van der Waals surface area contributed by atoms with Gasteiger partial charge in [0.05, 0.1) is 29.5 Å². The van der Waals surface area contributed by atoms with Crippen LogP contribution in [0, 0.1) is 5.92 Å². The van der Waals surface area contributed by atoms with Crippen molar-refractivity contribution in [2.24, 2.45) is 13.0 Å². The molecule has 1 N–H and O–H groups in total. The van der Waals surface area contributed by atoms with Crippen molar-refractivity contribution in [2.75, 3.05) is 18.0 Å². The van der Waals surface area contributed by atoms with Crippen molar-refractivity contribution in [2.45, 2.75) is 39.2 Å². The summed E-state index contributed by atoms with van der Waals surface area (Å²) in [6.07, 6.45) is 7.50. The van der Waals surface area contributed by atoms with Gasteiger partial charge in [0.2, 0.25) is 5.88 Å². The van der Waals surface area contributed by atoms with Gasteiger partial charge in [0.15, 0.2) is 5.82 Å². The van der Waals surface area contributed by atoms with E-state index in [2.05, 4.69) is 48.5 Å². The third-order valence-corrected chi connectivity index (χ3v) is 6.44. The zero-order valence-corrected chi connectivity index (χ0v) is 20.7. The highest BCUT2D eigenvalue weighted by Crippen LogP contribution is 2.30. The monoisotopic (exact) mass is 504 g/mol. The predicted molar refractivity (Wildman–Crippen MR) is 132 cm³/mol. The number of aromatic nitrogens is 9. The van der Waals surface area contributed by atoms with Crippen molar-refractivity contribution in [1.82, 2.24) is 44.9 Å². The Morgan fingerprint density at radius 2 is 2.14 bits per heavy atom. The van der Waals surface area contributed by atoms with Crippen LogP contribution in [0.25, 0.3) is 17.2 Å². The first-order chi connectivity index (χ1) is 18.0. The molecule has 0 radical (unpaired) electrons. The lowest BCUT2D eigenvalue weighted by Gasteiger charge is -2.34. The van der Waals surface area contributed by atoms with Crippen LogP contribution in [-0.4, -0.2) is 69.1 Å². The first-order valence-corrected chi connectivity index (χ1v) is 12.2. The molecule has 0 bridgehead atoms. The van der Waals surface area contributed by atoms with Gasteiger partial charge in [-0.1, -0.05) is 17.4 Å². The average Bonchev–Trinajstić information content (AvgIpc) is 3.57. The lowest BCUT2D eigenvalue weighted by atomic mass is 9.94. The molecule has 0 saturated carbocycles. The molecule has 0 amide bonds. The maximum atomic E-state index is 11.2. The molecule has 1 aliphatic rings. The summed E-state index contributed by atoms with van der Waals surface area (Å²) < 4.78 is 9.14. The summed E-state index contributed by atoms with van der Waals surface area (Å²) in [4.78, 5) is 26.8. The van der Waals surface area contributed by atoms with Crippen LogP contribution < -0.4 is 9.64 Å². The zero-order chi connectivity index (χ0) is 25.8. The van der Waals surface area contributed by atoms with Crippen LogP contribution in [-0.2, 0) is 24.9 Å². The van der Waals surface area contributed by atoms with Crippen molar-refractivity contribution < 1.29 is 14.6 Å². The first kappa shape index (κ1) is 24.3. The zero-order valence-electron chi connectivity index (χ0n) is 20.7. The Hall–Kier alpha value is -4.42. The number of carboxylic acid groups (broad SMARTS) is 1. The number of rotatable bonds is 9. The van der Waals surface area contributed by atoms with E-state index in [1.54, 1.807) is 30.2 Å². The van der Waals surface area contributed by atoms with Gasteiger partial charge in [-0.05, 0) is 37.3 Å². The van der Waals surface area contributed by atoms with Crippen LogP contribution in [0.15, 0.2) is 36.9 Å². The van der Waals surface area contributed by atoms with E-state index in [0.717, 1.165) is 49.4 Å². The SMILES string of the molecule is CCc1nc(-c2nnn(C)c2COc2cc(-n3ccnn3)ncn2)ccc1N1CCCC(CC(=O)O)C1. The Morgan fingerprint density at radius 3 is 2.92 bits per heavy atom. The maximum absolute atomic E-state index is 11.2. The van der Waals surface area contributed by atoms with E-state index in [-0.39, 0.29) is 18.9 Å². The van der Waals surface area contributed by atoms with E-state index in [1.807, 2.05) is 6.07 Å². The lowest BCUT2D eigenvalue weighted by Crippen LogP contribution is -2.37. The minimum absolute atomic E-state index is 0.145. The molecule has 4 aromatic rings. The van der Waals surface area contributed by atoms with Crippen molar-refractivity contribution >= 4 is 11.7 Å². The molecule has 1 unspecified atom stereocenters. The molecule has 37 heavy (non-hydrogen) atoms. The third kappa shape index (κ3) is 5.39. The normalized spacial score (nSPS) is 15.6. The molecular weight excluding hydrogens is 476 g/mol. The fourth-order valence-corrected chi connectivity index (χ4v) is 4.62. The molecule has 1 saturated heterocycles. The molecule has 1 aliphatic heterocycles. The Balaban J connectivity index is 1.35. The molecule has 1 atom stereocenters. The van der Waals surface area contributed by atoms with Crippen LogP contribution in [0.5, 0.6) is 5.88 Å². The van der Waals surface area contributed by atoms with Crippen LogP contribution in [0.3, 0.4) is 0 Å². The summed E-state index contributed by atoms with van der Waals surface area (Å²) in [5.74, 6) is 0.321. The summed E-state index contributed by atoms with van der Waals surface area (Å²) in [6.45, 7) is 3.86. The molecule has 0 spiro atoms. The Labute approximate surface area is 213 Å². The highest BCUT2D eigenvalue weighted by molar-refractivity contribution is 5.67. The predicted octanol–water partition coefficient (Wildman–Crippen LogP) is 2.08. The van der Waals surface area contributed by atoms with Crippen molar-refractivity contribution in [1.29, 1.82) is 0 Å². The van der Waals surface area contributed by atoms with Crippen molar-refractivity contribution in [3.05, 3.63) is 48.3 Å². The van der Waals surface area contributed by atoms with Crippen molar-refractivity contribution in [3.63, 3.8) is 0 Å². The molecule has 192 valence electrons. The first-order valence-electron chi connectivity index (χ1n) is 12.2. The standard InChI is InChI=1S/C24H28N10O3/c1-3-17-19(33-9-4-5-16(13-33)11-23(35)36)7-6-18(28-17)24-20(32(2)31-29-24)14-37-22-12-21(25-15-26-22)34-10-8-27-30-34/h6-8,10,12,15-16H,3-5,9,11,13-14H2,1-2H3,(H,35,36). The van der Waals surface area contributed by atoms with Gasteiger partial charge >= 0.3 is 5.97 Å². The van der Waals surface area contributed by atoms with Gasteiger partial charge in [0, 0.05) is 32.6 Å². The van der Waals surface area contributed by atoms with Crippen LogP contribution in [0.4, 0.5) is 5.69 Å². The van der Waals surface area contributed by atoms with Gasteiger partial charge in [-0.15, -0.1) is 10.2 Å². The van der Waals surface area contributed by atoms with Gasteiger partial charge in [0.1, 0.15) is 24.3 Å².